The van der Waals surface area contributed by atoms with Crippen molar-refractivity contribution in [1.82, 2.24) is 0 Å². The van der Waals surface area contributed by atoms with Gasteiger partial charge in [0.25, 0.3) is 0 Å². The summed E-state index contributed by atoms with van der Waals surface area (Å²) >= 11 is 0. The second-order valence-corrected chi connectivity index (χ2v) is 5.63. The molecule has 0 aliphatic carbocycles. The van der Waals surface area contributed by atoms with Crippen LogP contribution in [-0.2, 0) is 6.18 Å². The summed E-state index contributed by atoms with van der Waals surface area (Å²) in [5, 5.41) is 0. The van der Waals surface area contributed by atoms with Gasteiger partial charge in [-0.05, 0) is 36.5 Å². The molecule has 2 N–H and O–H groups in total. The molecule has 0 spiro atoms. The maximum atomic E-state index is 13.1. The molecular formula is C14H19F3N2. The molecule has 5 heteroatoms. The van der Waals surface area contributed by atoms with E-state index >= 15 is 0 Å². The molecular weight excluding hydrogens is 253 g/mol. The van der Waals surface area contributed by atoms with E-state index in [1.165, 1.54) is 12.1 Å². The molecule has 0 aromatic heterocycles. The largest absolute Gasteiger partial charge is 0.418 e. The molecule has 0 bridgehead atoms. The number of rotatable bonds is 1. The van der Waals surface area contributed by atoms with Crippen LogP contribution in [0.2, 0.25) is 0 Å². The van der Waals surface area contributed by atoms with Gasteiger partial charge in [-0.3, -0.25) is 0 Å². The SMILES string of the molecule is C[C@@H]1C[C@H](C)CN(c2ccc(N)cc2C(F)(F)F)C1. The van der Waals surface area contributed by atoms with E-state index in [-0.39, 0.29) is 11.4 Å². The van der Waals surface area contributed by atoms with Crippen molar-refractivity contribution in [2.45, 2.75) is 26.4 Å². The second kappa shape index (κ2) is 4.94. The monoisotopic (exact) mass is 272 g/mol. The standard InChI is InChI=1S/C14H19F3N2/c1-9-5-10(2)8-19(7-9)13-4-3-11(18)6-12(13)14(15,16)17/h3-4,6,9-10H,5,7-8,18H2,1-2H3/t9-,10+. The van der Waals surface area contributed by atoms with Crippen LogP contribution in [0.5, 0.6) is 0 Å². The van der Waals surface area contributed by atoms with Gasteiger partial charge in [-0.15, -0.1) is 0 Å². The van der Waals surface area contributed by atoms with Gasteiger partial charge in [-0.2, -0.15) is 13.2 Å². The van der Waals surface area contributed by atoms with Gasteiger partial charge in [0.05, 0.1) is 5.56 Å². The molecule has 1 aromatic rings. The van der Waals surface area contributed by atoms with Gasteiger partial charge >= 0.3 is 6.18 Å². The zero-order chi connectivity index (χ0) is 14.2. The number of alkyl halides is 3. The average Bonchev–Trinajstić information content (AvgIpc) is 2.26. The van der Waals surface area contributed by atoms with E-state index in [0.29, 0.717) is 24.9 Å². The predicted molar refractivity (Wildman–Crippen MR) is 71.0 cm³/mol. The predicted octanol–water partition coefficient (Wildman–Crippen LogP) is 3.77. The average molecular weight is 272 g/mol. The highest BCUT2D eigenvalue weighted by atomic mass is 19.4. The second-order valence-electron chi connectivity index (χ2n) is 5.63. The van der Waals surface area contributed by atoms with Gasteiger partial charge in [0, 0.05) is 24.5 Å². The van der Waals surface area contributed by atoms with Crippen molar-refractivity contribution in [2.75, 3.05) is 23.7 Å². The zero-order valence-electron chi connectivity index (χ0n) is 11.2. The van der Waals surface area contributed by atoms with Crippen molar-refractivity contribution in [3.8, 4) is 0 Å². The number of hydrogen-bond donors (Lipinski definition) is 1. The topological polar surface area (TPSA) is 29.3 Å². The summed E-state index contributed by atoms with van der Waals surface area (Å²) in [6.07, 6.45) is -3.30. The first-order valence-corrected chi connectivity index (χ1v) is 6.49. The number of nitrogen functional groups attached to an aromatic ring is 1. The maximum absolute atomic E-state index is 13.1. The number of benzene rings is 1. The quantitative estimate of drug-likeness (QED) is 0.788. The van der Waals surface area contributed by atoms with Crippen LogP contribution in [0.25, 0.3) is 0 Å². The fourth-order valence-electron chi connectivity index (χ4n) is 2.92. The Bertz CT molecular complexity index is 446. The summed E-state index contributed by atoms with van der Waals surface area (Å²) in [4.78, 5) is 1.83. The lowest BCUT2D eigenvalue weighted by atomic mass is 9.91. The summed E-state index contributed by atoms with van der Waals surface area (Å²) in [7, 11) is 0. The first-order valence-electron chi connectivity index (χ1n) is 6.49. The summed E-state index contributed by atoms with van der Waals surface area (Å²) < 4.78 is 39.3. The minimum atomic E-state index is -4.37. The van der Waals surface area contributed by atoms with Crippen molar-refractivity contribution in [2.24, 2.45) is 11.8 Å². The lowest BCUT2D eigenvalue weighted by Crippen LogP contribution is -2.39. The number of halogens is 3. The molecule has 2 atom stereocenters. The number of nitrogens with zero attached hydrogens (tertiary/aromatic N) is 1. The smallest absolute Gasteiger partial charge is 0.399 e. The molecule has 2 nitrogen and oxygen atoms in total. The van der Waals surface area contributed by atoms with Crippen molar-refractivity contribution in [1.29, 1.82) is 0 Å². The van der Waals surface area contributed by atoms with E-state index in [0.717, 1.165) is 12.5 Å². The van der Waals surface area contributed by atoms with Gasteiger partial charge in [0.2, 0.25) is 0 Å². The molecule has 1 heterocycles. The van der Waals surface area contributed by atoms with Gasteiger partial charge in [-0.25, -0.2) is 0 Å². The number of nitrogens with two attached hydrogens (primary N) is 1. The third kappa shape index (κ3) is 3.14. The first-order chi connectivity index (χ1) is 8.77. The van der Waals surface area contributed by atoms with Crippen molar-refractivity contribution >= 4 is 11.4 Å². The molecule has 1 aliphatic rings. The highest BCUT2D eigenvalue weighted by Crippen LogP contribution is 2.39. The minimum Gasteiger partial charge on any atom is -0.399 e. The maximum Gasteiger partial charge on any atom is 0.418 e. The third-order valence-corrected chi connectivity index (χ3v) is 3.54. The summed E-state index contributed by atoms with van der Waals surface area (Å²) in [5.74, 6) is 0.810. The van der Waals surface area contributed by atoms with E-state index in [9.17, 15) is 13.2 Å². The van der Waals surface area contributed by atoms with E-state index in [4.69, 9.17) is 5.73 Å². The zero-order valence-corrected chi connectivity index (χ0v) is 11.2. The molecule has 1 aliphatic heterocycles. The highest BCUT2D eigenvalue weighted by Gasteiger charge is 2.36. The van der Waals surface area contributed by atoms with Crippen LogP contribution >= 0.6 is 0 Å². The van der Waals surface area contributed by atoms with Crippen LogP contribution in [0.15, 0.2) is 18.2 Å². The molecule has 1 saturated heterocycles. The summed E-state index contributed by atoms with van der Waals surface area (Å²) in [6, 6.07) is 4.05. The Morgan fingerprint density at radius 1 is 1.16 bits per heavy atom. The van der Waals surface area contributed by atoms with E-state index < -0.39 is 11.7 Å². The van der Waals surface area contributed by atoms with Crippen LogP contribution in [0.3, 0.4) is 0 Å². The van der Waals surface area contributed by atoms with Gasteiger partial charge < -0.3 is 10.6 Å². The fraction of sp³-hybridized carbons (Fsp3) is 0.571. The normalized spacial score (nSPS) is 24.6. The molecule has 2 rings (SSSR count). The lowest BCUT2D eigenvalue weighted by molar-refractivity contribution is -0.137. The van der Waals surface area contributed by atoms with Crippen LogP contribution in [0.1, 0.15) is 25.8 Å². The number of anilines is 2. The molecule has 1 fully saturated rings. The summed E-state index contributed by atoms with van der Waals surface area (Å²) in [6.45, 7) is 5.48. The molecule has 0 amide bonds. The van der Waals surface area contributed by atoms with Gasteiger partial charge in [0.1, 0.15) is 0 Å². The van der Waals surface area contributed by atoms with Crippen LogP contribution < -0.4 is 10.6 Å². The van der Waals surface area contributed by atoms with Crippen LogP contribution in [0.4, 0.5) is 24.5 Å². The van der Waals surface area contributed by atoms with Gasteiger partial charge in [0.15, 0.2) is 0 Å². The fourth-order valence-corrected chi connectivity index (χ4v) is 2.92. The van der Waals surface area contributed by atoms with E-state index in [2.05, 4.69) is 13.8 Å². The van der Waals surface area contributed by atoms with Crippen molar-refractivity contribution < 1.29 is 13.2 Å². The molecule has 19 heavy (non-hydrogen) atoms. The Balaban J connectivity index is 2.39. The van der Waals surface area contributed by atoms with Crippen molar-refractivity contribution in [3.05, 3.63) is 23.8 Å². The minimum absolute atomic E-state index is 0.147. The number of piperidine rings is 1. The third-order valence-electron chi connectivity index (χ3n) is 3.54. The van der Waals surface area contributed by atoms with E-state index in [1.807, 2.05) is 4.90 Å². The molecule has 0 saturated carbocycles. The highest BCUT2D eigenvalue weighted by molar-refractivity contribution is 5.61. The Labute approximate surface area is 111 Å². The van der Waals surface area contributed by atoms with E-state index in [1.54, 1.807) is 0 Å². The Morgan fingerprint density at radius 2 is 1.74 bits per heavy atom. The number of hydrogen-bond acceptors (Lipinski definition) is 2. The lowest BCUT2D eigenvalue weighted by Gasteiger charge is -2.37. The van der Waals surface area contributed by atoms with Crippen molar-refractivity contribution in [3.63, 3.8) is 0 Å². The molecule has 0 unspecified atom stereocenters. The van der Waals surface area contributed by atoms with Crippen LogP contribution in [0, 0.1) is 11.8 Å². The Morgan fingerprint density at radius 3 is 2.26 bits per heavy atom. The summed E-state index contributed by atoms with van der Waals surface area (Å²) in [5.41, 5.74) is 5.26. The molecule has 1 aromatic carbocycles. The first kappa shape index (κ1) is 14.0. The Kier molecular flexibility index (Phi) is 3.65. The molecule has 106 valence electrons. The Hall–Kier alpha value is -1.39. The van der Waals surface area contributed by atoms with Gasteiger partial charge in [-0.1, -0.05) is 13.8 Å². The van der Waals surface area contributed by atoms with Crippen LogP contribution in [-0.4, -0.2) is 13.1 Å². The molecule has 0 radical (unpaired) electrons.